The molecule has 0 amide bonds. The summed E-state index contributed by atoms with van der Waals surface area (Å²) < 4.78 is 20.1. The number of halogens is 1. The summed E-state index contributed by atoms with van der Waals surface area (Å²) in [4.78, 5) is 17.5. The van der Waals surface area contributed by atoms with Crippen molar-refractivity contribution in [3.05, 3.63) is 94.5 Å². The zero-order chi connectivity index (χ0) is 20.7. The van der Waals surface area contributed by atoms with Crippen LogP contribution in [0.5, 0.6) is 0 Å². The smallest absolute Gasteiger partial charge is 0.279 e. The minimum Gasteiger partial charge on any atom is -0.332 e. The molecule has 6 nitrogen and oxygen atoms in total. The third-order valence-corrected chi connectivity index (χ3v) is 4.89. The summed E-state index contributed by atoms with van der Waals surface area (Å²) in [5.74, 6) is 0.237. The van der Waals surface area contributed by atoms with Crippen molar-refractivity contribution in [2.24, 2.45) is 0 Å². The summed E-state index contributed by atoms with van der Waals surface area (Å²) in [6, 6.07) is 20.3. The summed E-state index contributed by atoms with van der Waals surface area (Å²) in [6.45, 7) is 1.97. The monoisotopic (exact) mass is 398 g/mol. The van der Waals surface area contributed by atoms with E-state index in [9.17, 15) is 9.18 Å². The molecular weight excluding hydrogens is 383 g/mol. The third kappa shape index (κ3) is 2.97. The maximum atomic E-state index is 13.4. The van der Waals surface area contributed by atoms with Gasteiger partial charge >= 0.3 is 0 Å². The Kier molecular flexibility index (Phi) is 4.21. The fourth-order valence-corrected chi connectivity index (χ4v) is 3.36. The topological polar surface area (TPSA) is 73.8 Å². The van der Waals surface area contributed by atoms with E-state index in [1.54, 1.807) is 18.2 Å². The molecule has 0 spiro atoms. The van der Waals surface area contributed by atoms with Crippen LogP contribution in [0.3, 0.4) is 0 Å². The quantitative estimate of drug-likeness (QED) is 0.446. The highest BCUT2D eigenvalue weighted by Crippen LogP contribution is 2.27. The Morgan fingerprint density at radius 2 is 1.60 bits per heavy atom. The predicted octanol–water partition coefficient (Wildman–Crippen LogP) is 4.55. The molecule has 0 aliphatic carbocycles. The van der Waals surface area contributed by atoms with Crippen LogP contribution in [0.15, 0.2) is 82.1 Å². The van der Waals surface area contributed by atoms with Crippen molar-refractivity contribution >= 4 is 10.8 Å². The highest BCUT2D eigenvalue weighted by Gasteiger charge is 2.19. The summed E-state index contributed by atoms with van der Waals surface area (Å²) in [7, 11) is 0. The fourth-order valence-electron chi connectivity index (χ4n) is 3.36. The van der Waals surface area contributed by atoms with Crippen molar-refractivity contribution in [3.63, 3.8) is 0 Å². The van der Waals surface area contributed by atoms with Crippen LogP contribution in [-0.4, -0.2) is 19.9 Å². The zero-order valence-corrected chi connectivity index (χ0v) is 15.9. The molecule has 146 valence electrons. The highest BCUT2D eigenvalue weighted by atomic mass is 19.1. The molecule has 0 fully saturated rings. The summed E-state index contributed by atoms with van der Waals surface area (Å²) in [5, 5.41) is 9.63. The SMILES string of the molecule is Cc1ccccc1-c1noc(-c2nn(-c3ccc(F)cc3)c(=O)c3ccccc23)n1. The normalized spacial score (nSPS) is 11.1. The lowest BCUT2D eigenvalue weighted by molar-refractivity contribution is 0.430. The van der Waals surface area contributed by atoms with E-state index in [0.29, 0.717) is 28.0 Å². The zero-order valence-electron chi connectivity index (χ0n) is 15.9. The van der Waals surface area contributed by atoms with Crippen molar-refractivity contribution in [1.29, 1.82) is 0 Å². The minimum absolute atomic E-state index is 0.195. The van der Waals surface area contributed by atoms with Crippen LogP contribution in [0.1, 0.15) is 5.56 Å². The molecule has 3 aromatic carbocycles. The molecule has 2 aromatic heterocycles. The van der Waals surface area contributed by atoms with Crippen molar-refractivity contribution < 1.29 is 8.91 Å². The van der Waals surface area contributed by atoms with E-state index in [2.05, 4.69) is 15.2 Å². The van der Waals surface area contributed by atoms with Crippen LogP contribution >= 0.6 is 0 Å². The van der Waals surface area contributed by atoms with Gasteiger partial charge in [0.1, 0.15) is 5.82 Å². The number of aryl methyl sites for hydroxylation is 1. The lowest BCUT2D eigenvalue weighted by atomic mass is 10.1. The second-order valence-corrected chi connectivity index (χ2v) is 6.83. The van der Waals surface area contributed by atoms with Crippen molar-refractivity contribution in [2.75, 3.05) is 0 Å². The molecule has 2 heterocycles. The van der Waals surface area contributed by atoms with Gasteiger partial charge in [0, 0.05) is 10.9 Å². The number of rotatable bonds is 3. The lowest BCUT2D eigenvalue weighted by Crippen LogP contribution is -2.22. The number of hydrogen-bond acceptors (Lipinski definition) is 5. The summed E-state index contributed by atoms with van der Waals surface area (Å²) in [6.07, 6.45) is 0. The second-order valence-electron chi connectivity index (χ2n) is 6.83. The first-order valence-electron chi connectivity index (χ1n) is 9.30. The van der Waals surface area contributed by atoms with E-state index in [1.807, 2.05) is 37.3 Å². The molecule has 0 atom stereocenters. The van der Waals surface area contributed by atoms with Gasteiger partial charge < -0.3 is 4.52 Å². The molecule has 5 rings (SSSR count). The average molecular weight is 398 g/mol. The Morgan fingerprint density at radius 3 is 2.37 bits per heavy atom. The molecule has 7 heteroatoms. The summed E-state index contributed by atoms with van der Waals surface area (Å²) in [5.41, 5.74) is 2.36. The molecule has 30 heavy (non-hydrogen) atoms. The van der Waals surface area contributed by atoms with Gasteiger partial charge in [-0.25, -0.2) is 4.39 Å². The van der Waals surface area contributed by atoms with E-state index in [1.165, 1.54) is 28.9 Å². The Hall–Kier alpha value is -4.13. The van der Waals surface area contributed by atoms with E-state index in [4.69, 9.17) is 4.52 Å². The Balaban J connectivity index is 1.74. The maximum absolute atomic E-state index is 13.4. The van der Waals surface area contributed by atoms with Gasteiger partial charge in [-0.3, -0.25) is 4.79 Å². The van der Waals surface area contributed by atoms with Gasteiger partial charge in [0.25, 0.3) is 11.4 Å². The van der Waals surface area contributed by atoms with Crippen molar-refractivity contribution in [1.82, 2.24) is 19.9 Å². The van der Waals surface area contributed by atoms with Crippen LogP contribution in [0.2, 0.25) is 0 Å². The standard InChI is InChI=1S/C23H15FN4O2/c1-14-6-2-3-7-17(14)21-25-22(30-27-21)20-18-8-4-5-9-19(18)23(29)28(26-20)16-12-10-15(24)11-13-16/h2-13H,1H3. The first kappa shape index (κ1) is 17.9. The fraction of sp³-hybridized carbons (Fsp3) is 0.0435. The van der Waals surface area contributed by atoms with Gasteiger partial charge in [-0.05, 0) is 42.8 Å². The van der Waals surface area contributed by atoms with E-state index in [-0.39, 0.29) is 11.4 Å². The molecule has 5 aromatic rings. The van der Waals surface area contributed by atoms with Gasteiger partial charge in [0.05, 0.1) is 11.1 Å². The van der Waals surface area contributed by atoms with Gasteiger partial charge in [0.15, 0.2) is 5.69 Å². The molecule has 0 bridgehead atoms. The van der Waals surface area contributed by atoms with Gasteiger partial charge in [0.2, 0.25) is 5.82 Å². The molecule has 0 saturated carbocycles. The number of hydrogen-bond donors (Lipinski definition) is 0. The van der Waals surface area contributed by atoms with Gasteiger partial charge in [-0.15, -0.1) is 0 Å². The molecule has 0 aliphatic heterocycles. The van der Waals surface area contributed by atoms with Crippen LogP contribution in [-0.2, 0) is 0 Å². The molecular formula is C23H15FN4O2. The van der Waals surface area contributed by atoms with Crippen LogP contribution in [0.4, 0.5) is 4.39 Å². The van der Waals surface area contributed by atoms with Crippen molar-refractivity contribution in [2.45, 2.75) is 6.92 Å². The average Bonchev–Trinajstić information content (AvgIpc) is 3.25. The Bertz CT molecular complexity index is 1440. The summed E-state index contributed by atoms with van der Waals surface area (Å²) >= 11 is 0. The molecule has 0 radical (unpaired) electrons. The molecule has 0 aliphatic rings. The number of benzene rings is 3. The van der Waals surface area contributed by atoms with Crippen LogP contribution in [0.25, 0.3) is 39.4 Å². The third-order valence-electron chi connectivity index (χ3n) is 4.89. The first-order chi connectivity index (χ1) is 14.6. The predicted molar refractivity (Wildman–Crippen MR) is 111 cm³/mol. The van der Waals surface area contributed by atoms with Crippen LogP contribution in [0, 0.1) is 12.7 Å². The van der Waals surface area contributed by atoms with E-state index >= 15 is 0 Å². The number of fused-ring (bicyclic) bond motifs is 1. The number of nitrogens with zero attached hydrogens (tertiary/aromatic N) is 4. The largest absolute Gasteiger partial charge is 0.332 e. The Morgan fingerprint density at radius 1 is 0.900 bits per heavy atom. The minimum atomic E-state index is -0.396. The molecule has 0 saturated heterocycles. The highest BCUT2D eigenvalue weighted by molar-refractivity contribution is 5.92. The van der Waals surface area contributed by atoms with Crippen LogP contribution < -0.4 is 5.56 Å². The lowest BCUT2D eigenvalue weighted by Gasteiger charge is -2.09. The second kappa shape index (κ2) is 7.04. The maximum Gasteiger partial charge on any atom is 0.279 e. The first-order valence-corrected chi connectivity index (χ1v) is 9.30. The van der Waals surface area contributed by atoms with Gasteiger partial charge in [-0.1, -0.05) is 47.6 Å². The van der Waals surface area contributed by atoms with Gasteiger partial charge in [-0.2, -0.15) is 14.8 Å². The van der Waals surface area contributed by atoms with E-state index < -0.39 is 5.82 Å². The molecule has 0 N–H and O–H groups in total. The van der Waals surface area contributed by atoms with Crippen molar-refractivity contribution in [3.8, 4) is 28.7 Å². The number of aromatic nitrogens is 4. The van der Waals surface area contributed by atoms with E-state index in [0.717, 1.165) is 11.1 Å². The molecule has 0 unspecified atom stereocenters. The Labute approximate surface area is 170 Å².